The number of ether oxygens (including phenoxy) is 1. The van der Waals surface area contributed by atoms with Crippen molar-refractivity contribution in [1.29, 1.82) is 5.26 Å². The lowest BCUT2D eigenvalue weighted by Crippen LogP contribution is -2.13. The van der Waals surface area contributed by atoms with Crippen LogP contribution in [-0.4, -0.2) is 13.0 Å². The molecular weight excluding hydrogens is 495 g/mol. The molecule has 1 amide bonds. The molecule has 3 aromatic carbocycles. The molecule has 32 heavy (non-hydrogen) atoms. The van der Waals surface area contributed by atoms with Crippen molar-refractivity contribution >= 4 is 45.2 Å². The lowest BCUT2D eigenvalue weighted by molar-refractivity contribution is -0.112. The Balaban J connectivity index is 1.89. The second-order valence-corrected chi connectivity index (χ2v) is 8.30. The molecule has 0 spiro atoms. The zero-order valence-corrected chi connectivity index (χ0v) is 19.7. The average Bonchev–Trinajstić information content (AvgIpc) is 2.77. The van der Waals surface area contributed by atoms with E-state index in [1.807, 2.05) is 13.0 Å². The van der Waals surface area contributed by atoms with Crippen molar-refractivity contribution in [2.24, 2.45) is 0 Å². The first kappa shape index (κ1) is 23.5. The van der Waals surface area contributed by atoms with Crippen LogP contribution in [0.1, 0.15) is 22.3 Å². The molecule has 7 heteroatoms. The SMILES string of the molecule is COc1cc(/C=C(\C#N)C(=O)Nc2ccc(C)c(Cl)c2)cc(Br)c1Cc1ccccc1F. The molecule has 0 fully saturated rings. The standard InChI is InChI=1S/C25H19BrClFN2O2/c1-15-7-8-19(13-22(15)27)30-25(31)18(14-29)9-16-10-21(26)20(24(11-16)32-2)12-17-5-3-4-6-23(17)28/h3-11,13H,12H2,1-2H3,(H,30,31)/b18-9+. The van der Waals surface area contributed by atoms with Gasteiger partial charge in [0.15, 0.2) is 0 Å². The zero-order chi connectivity index (χ0) is 23.3. The van der Waals surface area contributed by atoms with Gasteiger partial charge in [0.1, 0.15) is 23.2 Å². The second kappa shape index (κ2) is 10.4. The Morgan fingerprint density at radius 3 is 2.66 bits per heavy atom. The van der Waals surface area contributed by atoms with E-state index in [4.69, 9.17) is 16.3 Å². The van der Waals surface area contributed by atoms with E-state index in [0.717, 1.165) is 11.1 Å². The number of nitrogens with zero attached hydrogens (tertiary/aromatic N) is 1. The minimum Gasteiger partial charge on any atom is -0.496 e. The number of hydrogen-bond donors (Lipinski definition) is 1. The lowest BCUT2D eigenvalue weighted by Gasteiger charge is -2.13. The van der Waals surface area contributed by atoms with Crippen molar-refractivity contribution in [2.75, 3.05) is 12.4 Å². The van der Waals surface area contributed by atoms with Crippen molar-refractivity contribution in [3.05, 3.63) is 97.7 Å². The summed E-state index contributed by atoms with van der Waals surface area (Å²) in [6, 6.07) is 17.0. The topological polar surface area (TPSA) is 62.1 Å². The van der Waals surface area contributed by atoms with Crippen LogP contribution >= 0.6 is 27.5 Å². The predicted molar refractivity (Wildman–Crippen MR) is 128 cm³/mol. The van der Waals surface area contributed by atoms with Crippen molar-refractivity contribution in [1.82, 2.24) is 0 Å². The highest BCUT2D eigenvalue weighted by Gasteiger charge is 2.15. The summed E-state index contributed by atoms with van der Waals surface area (Å²) in [6.07, 6.45) is 1.78. The van der Waals surface area contributed by atoms with E-state index in [0.29, 0.717) is 38.5 Å². The maximum atomic E-state index is 14.1. The summed E-state index contributed by atoms with van der Waals surface area (Å²) in [5.41, 5.74) is 3.16. The number of hydrogen-bond acceptors (Lipinski definition) is 3. The van der Waals surface area contributed by atoms with Crippen LogP contribution in [0, 0.1) is 24.1 Å². The molecule has 0 aliphatic rings. The van der Waals surface area contributed by atoms with E-state index >= 15 is 0 Å². The van der Waals surface area contributed by atoms with E-state index in [1.54, 1.807) is 48.5 Å². The Morgan fingerprint density at radius 2 is 2.00 bits per heavy atom. The minimum atomic E-state index is -0.557. The van der Waals surface area contributed by atoms with Gasteiger partial charge in [-0.05, 0) is 60.0 Å². The molecule has 0 heterocycles. The summed E-state index contributed by atoms with van der Waals surface area (Å²) in [5.74, 6) is -0.347. The van der Waals surface area contributed by atoms with Crippen LogP contribution in [0.4, 0.5) is 10.1 Å². The summed E-state index contributed by atoms with van der Waals surface area (Å²) in [5, 5.41) is 12.7. The third-order valence-corrected chi connectivity index (χ3v) is 5.94. The van der Waals surface area contributed by atoms with Crippen LogP contribution in [-0.2, 0) is 11.2 Å². The molecular formula is C25H19BrClFN2O2. The molecule has 3 aromatic rings. The van der Waals surface area contributed by atoms with Gasteiger partial charge >= 0.3 is 0 Å². The number of rotatable bonds is 6. The van der Waals surface area contributed by atoms with Gasteiger partial charge in [-0.3, -0.25) is 4.79 Å². The lowest BCUT2D eigenvalue weighted by atomic mass is 10.0. The predicted octanol–water partition coefficient (Wildman–Crippen LogP) is 6.70. The van der Waals surface area contributed by atoms with Crippen LogP contribution in [0.3, 0.4) is 0 Å². The molecule has 0 atom stereocenters. The van der Waals surface area contributed by atoms with Crippen molar-refractivity contribution in [3.63, 3.8) is 0 Å². The van der Waals surface area contributed by atoms with Crippen molar-refractivity contribution < 1.29 is 13.9 Å². The Bertz CT molecular complexity index is 1250. The molecule has 3 rings (SSSR count). The highest BCUT2D eigenvalue weighted by molar-refractivity contribution is 9.10. The third-order valence-electron chi connectivity index (χ3n) is 4.83. The Labute approximate surface area is 199 Å². The van der Waals surface area contributed by atoms with Crippen molar-refractivity contribution in [2.45, 2.75) is 13.3 Å². The van der Waals surface area contributed by atoms with Gasteiger partial charge < -0.3 is 10.1 Å². The van der Waals surface area contributed by atoms with Crippen LogP contribution in [0.5, 0.6) is 5.75 Å². The van der Waals surface area contributed by atoms with Crippen LogP contribution < -0.4 is 10.1 Å². The van der Waals surface area contributed by atoms with Gasteiger partial charge in [0, 0.05) is 27.2 Å². The fourth-order valence-electron chi connectivity index (χ4n) is 3.08. The molecule has 0 saturated carbocycles. The number of benzene rings is 3. The van der Waals surface area contributed by atoms with Gasteiger partial charge in [-0.15, -0.1) is 0 Å². The number of aryl methyl sites for hydroxylation is 1. The van der Waals surface area contributed by atoms with E-state index in [1.165, 1.54) is 19.3 Å². The number of carbonyl (C=O) groups excluding carboxylic acids is 1. The van der Waals surface area contributed by atoms with E-state index in [2.05, 4.69) is 21.2 Å². The summed E-state index contributed by atoms with van der Waals surface area (Å²) in [7, 11) is 1.51. The Kier molecular flexibility index (Phi) is 7.68. The normalized spacial score (nSPS) is 11.1. The first-order chi connectivity index (χ1) is 15.3. The van der Waals surface area contributed by atoms with Gasteiger partial charge in [-0.25, -0.2) is 4.39 Å². The molecule has 0 aliphatic heterocycles. The van der Waals surface area contributed by atoms with E-state index in [9.17, 15) is 14.4 Å². The molecule has 0 radical (unpaired) electrons. The van der Waals surface area contributed by atoms with Crippen LogP contribution in [0.25, 0.3) is 6.08 Å². The molecule has 0 bridgehead atoms. The minimum absolute atomic E-state index is 0.0856. The smallest absolute Gasteiger partial charge is 0.266 e. The van der Waals surface area contributed by atoms with Crippen LogP contribution in [0.15, 0.2) is 64.6 Å². The molecule has 0 saturated heterocycles. The van der Waals surface area contributed by atoms with Gasteiger partial charge in [0.05, 0.1) is 7.11 Å². The number of nitriles is 1. The average molecular weight is 514 g/mol. The number of nitrogens with one attached hydrogen (secondary N) is 1. The maximum Gasteiger partial charge on any atom is 0.266 e. The number of amides is 1. The molecule has 0 aromatic heterocycles. The number of halogens is 3. The number of methoxy groups -OCH3 is 1. The van der Waals surface area contributed by atoms with Gasteiger partial charge in [0.2, 0.25) is 0 Å². The number of carbonyl (C=O) groups is 1. The second-order valence-electron chi connectivity index (χ2n) is 7.04. The van der Waals surface area contributed by atoms with E-state index < -0.39 is 5.91 Å². The van der Waals surface area contributed by atoms with Crippen molar-refractivity contribution in [3.8, 4) is 11.8 Å². The Hall–Kier alpha value is -3.14. The highest BCUT2D eigenvalue weighted by Crippen LogP contribution is 2.32. The van der Waals surface area contributed by atoms with Gasteiger partial charge in [-0.1, -0.05) is 51.8 Å². The molecule has 0 aliphatic carbocycles. The first-order valence-corrected chi connectivity index (χ1v) is 10.8. The fourth-order valence-corrected chi connectivity index (χ4v) is 3.87. The monoisotopic (exact) mass is 512 g/mol. The molecule has 0 unspecified atom stereocenters. The zero-order valence-electron chi connectivity index (χ0n) is 17.4. The summed E-state index contributed by atoms with van der Waals surface area (Å²) < 4.78 is 20.3. The molecule has 1 N–H and O–H groups in total. The maximum absolute atomic E-state index is 14.1. The highest BCUT2D eigenvalue weighted by atomic mass is 79.9. The van der Waals surface area contributed by atoms with E-state index in [-0.39, 0.29) is 11.4 Å². The first-order valence-electron chi connectivity index (χ1n) is 9.61. The van der Waals surface area contributed by atoms with Gasteiger partial charge in [-0.2, -0.15) is 5.26 Å². The summed E-state index contributed by atoms with van der Waals surface area (Å²) >= 11 is 9.61. The molecule has 162 valence electrons. The quantitative estimate of drug-likeness (QED) is 0.295. The van der Waals surface area contributed by atoms with Gasteiger partial charge in [0.25, 0.3) is 5.91 Å². The van der Waals surface area contributed by atoms with Crippen LogP contribution in [0.2, 0.25) is 5.02 Å². The summed E-state index contributed by atoms with van der Waals surface area (Å²) in [6.45, 7) is 1.86. The fraction of sp³-hybridized carbons (Fsp3) is 0.120. The third kappa shape index (κ3) is 5.56. The largest absolute Gasteiger partial charge is 0.496 e. The summed E-state index contributed by atoms with van der Waals surface area (Å²) in [4.78, 5) is 12.6. The Morgan fingerprint density at radius 1 is 1.25 bits per heavy atom. The number of anilines is 1. The molecule has 4 nitrogen and oxygen atoms in total.